The molecule has 11 nitrogen and oxygen atoms in total. The molecule has 2 aromatic carbocycles. The van der Waals surface area contributed by atoms with Gasteiger partial charge in [-0.1, -0.05) is 23.8 Å². The fraction of sp³-hybridized carbons (Fsp3) is 0.455. The normalized spacial score (nSPS) is 22.8. The van der Waals surface area contributed by atoms with Crippen LogP contribution in [-0.2, 0) is 14.8 Å². The van der Waals surface area contributed by atoms with Crippen LogP contribution in [0.3, 0.4) is 0 Å². The third-order valence-electron chi connectivity index (χ3n) is 9.34. The summed E-state index contributed by atoms with van der Waals surface area (Å²) < 4.78 is 35.5. The Kier molecular flexibility index (Phi) is 8.53. The van der Waals surface area contributed by atoms with Crippen molar-refractivity contribution in [1.82, 2.24) is 20.2 Å². The van der Waals surface area contributed by atoms with Crippen molar-refractivity contribution in [3.63, 3.8) is 0 Å². The van der Waals surface area contributed by atoms with Crippen molar-refractivity contribution in [1.29, 1.82) is 0 Å². The van der Waals surface area contributed by atoms with Crippen molar-refractivity contribution < 1.29 is 27.9 Å². The Hall–Kier alpha value is -4.03. The van der Waals surface area contributed by atoms with Gasteiger partial charge in [0.2, 0.25) is 17.7 Å². The Morgan fingerprint density at radius 3 is 2.53 bits per heavy atom. The first kappa shape index (κ1) is 31.0. The molecule has 3 N–H and O–H groups in total. The van der Waals surface area contributed by atoms with E-state index < -0.39 is 21.3 Å². The number of nitrogens with zero attached hydrogens (tertiary/aromatic N) is 3. The quantitative estimate of drug-likeness (QED) is 0.385. The van der Waals surface area contributed by atoms with Crippen molar-refractivity contribution in [2.24, 2.45) is 11.3 Å². The zero-order chi connectivity index (χ0) is 31.8. The summed E-state index contributed by atoms with van der Waals surface area (Å²) in [6, 6.07) is 13.5. The van der Waals surface area contributed by atoms with Gasteiger partial charge in [0, 0.05) is 48.2 Å². The second kappa shape index (κ2) is 12.4. The predicted octanol–water partition coefficient (Wildman–Crippen LogP) is 3.84. The molecule has 1 saturated carbocycles. The average Bonchev–Trinajstić information content (AvgIpc) is 3.03. The number of ether oxygens (including phenoxy) is 1. The lowest BCUT2D eigenvalue weighted by molar-refractivity contribution is -0.140. The summed E-state index contributed by atoms with van der Waals surface area (Å²) in [6.45, 7) is 5.45. The van der Waals surface area contributed by atoms with Crippen LogP contribution in [-0.4, -0.2) is 72.6 Å². The number of anilines is 1. The maximum absolute atomic E-state index is 13.4. The van der Waals surface area contributed by atoms with Gasteiger partial charge in [-0.05, 0) is 82.2 Å². The number of aromatic nitrogens is 2. The van der Waals surface area contributed by atoms with E-state index in [1.165, 1.54) is 18.2 Å². The molecule has 1 aliphatic carbocycles. The van der Waals surface area contributed by atoms with Gasteiger partial charge in [0.15, 0.2) is 0 Å². The minimum atomic E-state index is -4.12. The average molecular weight is 634 g/mol. The maximum Gasteiger partial charge on any atom is 0.264 e. The van der Waals surface area contributed by atoms with Crippen molar-refractivity contribution in [3.05, 3.63) is 65.2 Å². The molecule has 238 valence electrons. The smallest absolute Gasteiger partial charge is 0.264 e. The lowest BCUT2D eigenvalue weighted by atomic mass is 9.78. The number of aryl methyl sites for hydroxylation is 2. The number of aliphatic hydroxyl groups is 1. The highest BCUT2D eigenvalue weighted by Crippen LogP contribution is 2.35. The van der Waals surface area contributed by atoms with Crippen LogP contribution in [0.2, 0.25) is 0 Å². The Balaban J connectivity index is 1.32. The number of likely N-dealkylation sites (tertiary alicyclic amines) is 1. The molecule has 0 radical (unpaired) electrons. The fourth-order valence-electron chi connectivity index (χ4n) is 6.43. The molecule has 3 aromatic rings. The van der Waals surface area contributed by atoms with E-state index in [0.717, 1.165) is 16.7 Å². The Bertz CT molecular complexity index is 1710. The Labute approximate surface area is 263 Å². The number of carbonyl (C=O) groups excluding carboxylic acids is 2. The molecule has 2 fully saturated rings. The number of nitrogens with one attached hydrogen (secondary N) is 2. The number of sulfonamides is 1. The van der Waals surface area contributed by atoms with Gasteiger partial charge < -0.3 is 20.1 Å². The standard InChI is InChI=1S/C33H39N5O6S/c1-21-6-7-22(2)27(16-21)28-18-29-36-32(35-28)37-45(42,43)26-5-3-4-24(17-26)30(40)34-19-33(20-44-29)12-14-38(15-13-33)31(41)23-8-10-25(39)11-9-23/h3-7,16-18,23,25,39H,8-15,19-20H2,1-2H3,(H,34,40)(H,35,36,37). The number of rotatable bonds is 2. The second-order valence-electron chi connectivity index (χ2n) is 12.7. The molecule has 2 aliphatic heterocycles. The van der Waals surface area contributed by atoms with Gasteiger partial charge in [-0.2, -0.15) is 4.98 Å². The van der Waals surface area contributed by atoms with E-state index in [9.17, 15) is 23.1 Å². The summed E-state index contributed by atoms with van der Waals surface area (Å²) in [5, 5.41) is 12.9. The number of amides is 2. The highest BCUT2D eigenvalue weighted by Gasteiger charge is 2.39. The lowest BCUT2D eigenvalue weighted by Crippen LogP contribution is -2.51. The van der Waals surface area contributed by atoms with Crippen molar-refractivity contribution in [2.75, 3.05) is 31.0 Å². The molecule has 1 aromatic heterocycles. The molecular formula is C33H39N5O6S. The zero-order valence-electron chi connectivity index (χ0n) is 25.6. The van der Waals surface area contributed by atoms with E-state index in [-0.39, 0.29) is 53.4 Å². The number of benzene rings is 2. The number of carbonyl (C=O) groups is 2. The van der Waals surface area contributed by atoms with Crippen LogP contribution in [0.1, 0.15) is 60.0 Å². The van der Waals surface area contributed by atoms with Gasteiger partial charge in [-0.3, -0.25) is 9.59 Å². The summed E-state index contributed by atoms with van der Waals surface area (Å²) in [6.07, 6.45) is 3.57. The molecule has 4 bridgehead atoms. The number of aliphatic hydroxyl groups excluding tert-OH is 1. The maximum atomic E-state index is 13.4. The molecule has 3 heterocycles. The van der Waals surface area contributed by atoms with Crippen molar-refractivity contribution in [2.45, 2.75) is 63.4 Å². The predicted molar refractivity (Wildman–Crippen MR) is 168 cm³/mol. The highest BCUT2D eigenvalue weighted by atomic mass is 32.2. The van der Waals surface area contributed by atoms with E-state index in [1.807, 2.05) is 36.9 Å². The lowest BCUT2D eigenvalue weighted by Gasteiger charge is -2.43. The van der Waals surface area contributed by atoms with Crippen molar-refractivity contribution >= 4 is 27.8 Å². The van der Waals surface area contributed by atoms with E-state index in [2.05, 4.69) is 20.0 Å². The molecule has 1 spiro atoms. The van der Waals surface area contributed by atoms with Crippen LogP contribution in [0.15, 0.2) is 53.4 Å². The van der Waals surface area contributed by atoms with Crippen LogP contribution in [0.25, 0.3) is 11.3 Å². The Morgan fingerprint density at radius 1 is 1.02 bits per heavy atom. The van der Waals surface area contributed by atoms with E-state index >= 15 is 0 Å². The van der Waals surface area contributed by atoms with Gasteiger partial charge in [-0.15, -0.1) is 0 Å². The molecule has 0 unspecified atom stereocenters. The third-order valence-corrected chi connectivity index (χ3v) is 10.7. The first-order valence-electron chi connectivity index (χ1n) is 15.5. The summed E-state index contributed by atoms with van der Waals surface area (Å²) in [5.74, 6) is -0.266. The monoisotopic (exact) mass is 633 g/mol. The van der Waals surface area contributed by atoms with Gasteiger partial charge in [0.1, 0.15) is 0 Å². The number of fused-ring (bicyclic) bond motifs is 4. The van der Waals surface area contributed by atoms with Crippen LogP contribution in [0.5, 0.6) is 5.88 Å². The molecule has 6 rings (SSSR count). The molecule has 12 heteroatoms. The van der Waals surface area contributed by atoms with Gasteiger partial charge >= 0.3 is 0 Å². The SMILES string of the molecule is Cc1ccc(C)c(-c2cc3nc(n2)NS(=O)(=O)c2cccc(c2)C(=O)NCC2(CCN(C(=O)C4CCC(O)CC4)CC2)CO3)c1. The van der Waals surface area contributed by atoms with Crippen LogP contribution >= 0.6 is 0 Å². The second-order valence-corrected chi connectivity index (χ2v) is 14.4. The third kappa shape index (κ3) is 6.81. The molecule has 2 amide bonds. The fourth-order valence-corrected chi connectivity index (χ4v) is 7.42. The number of hydrogen-bond acceptors (Lipinski definition) is 8. The molecule has 1 saturated heterocycles. The molecule has 45 heavy (non-hydrogen) atoms. The van der Waals surface area contributed by atoms with E-state index in [4.69, 9.17) is 4.74 Å². The van der Waals surface area contributed by atoms with Crippen LogP contribution in [0.4, 0.5) is 5.95 Å². The summed E-state index contributed by atoms with van der Waals surface area (Å²) in [4.78, 5) is 37.4. The highest BCUT2D eigenvalue weighted by molar-refractivity contribution is 7.92. The van der Waals surface area contributed by atoms with Crippen LogP contribution in [0, 0.1) is 25.2 Å². The zero-order valence-corrected chi connectivity index (χ0v) is 26.4. The molecule has 3 aliphatic rings. The Morgan fingerprint density at radius 2 is 1.78 bits per heavy atom. The summed E-state index contributed by atoms with van der Waals surface area (Å²) in [7, 11) is -4.12. The molecule has 0 atom stereocenters. The van der Waals surface area contributed by atoms with E-state index in [0.29, 0.717) is 57.3 Å². The largest absolute Gasteiger partial charge is 0.477 e. The van der Waals surface area contributed by atoms with Gasteiger partial charge in [-0.25, -0.2) is 18.1 Å². The first-order valence-corrected chi connectivity index (χ1v) is 17.0. The van der Waals surface area contributed by atoms with Crippen molar-refractivity contribution in [3.8, 4) is 17.1 Å². The first-order chi connectivity index (χ1) is 21.5. The number of hydrogen-bond donors (Lipinski definition) is 3. The molecular weight excluding hydrogens is 594 g/mol. The minimum Gasteiger partial charge on any atom is -0.477 e. The van der Waals surface area contributed by atoms with E-state index in [1.54, 1.807) is 12.1 Å². The van der Waals surface area contributed by atoms with Gasteiger partial charge in [0.05, 0.1) is 23.3 Å². The van der Waals surface area contributed by atoms with Gasteiger partial charge in [0.25, 0.3) is 15.9 Å². The number of piperidine rings is 1. The summed E-state index contributed by atoms with van der Waals surface area (Å²) >= 11 is 0. The van der Waals surface area contributed by atoms with Crippen LogP contribution < -0.4 is 14.8 Å². The summed E-state index contributed by atoms with van der Waals surface area (Å²) in [5.41, 5.74) is 3.04. The minimum absolute atomic E-state index is 0.0682. The topological polar surface area (TPSA) is 151 Å².